The molecule has 0 saturated carbocycles. The van der Waals surface area contributed by atoms with Crippen molar-refractivity contribution in [3.8, 4) is 11.1 Å². The van der Waals surface area contributed by atoms with E-state index in [4.69, 9.17) is 9.84 Å². The number of halogens is 2. The molecule has 0 bridgehead atoms. The lowest BCUT2D eigenvalue weighted by Gasteiger charge is -2.33. The number of benzene rings is 2. The van der Waals surface area contributed by atoms with Crippen molar-refractivity contribution in [1.82, 2.24) is 39.3 Å². The van der Waals surface area contributed by atoms with Crippen molar-refractivity contribution in [2.24, 2.45) is 0 Å². The molecule has 1 atom stereocenters. The molecule has 2 fully saturated rings. The number of carbonyl (C=O) groups is 6. The highest BCUT2D eigenvalue weighted by Crippen LogP contribution is 2.46. The Balaban J connectivity index is 0.945. The molecule has 9 rings (SSSR count). The summed E-state index contributed by atoms with van der Waals surface area (Å²) in [5.74, 6) is -0.820. The van der Waals surface area contributed by atoms with Crippen LogP contribution in [0.2, 0.25) is 0 Å². The van der Waals surface area contributed by atoms with Crippen LogP contribution in [-0.4, -0.2) is 129 Å². The van der Waals surface area contributed by atoms with Gasteiger partial charge in [-0.25, -0.2) is 8.78 Å². The van der Waals surface area contributed by atoms with Gasteiger partial charge in [-0.3, -0.25) is 38.5 Å². The van der Waals surface area contributed by atoms with E-state index in [-0.39, 0.29) is 60.8 Å². The number of amides is 5. The maximum Gasteiger partial charge on any atom is 0.264 e. The van der Waals surface area contributed by atoms with Crippen molar-refractivity contribution in [2.75, 3.05) is 63.2 Å². The quantitative estimate of drug-likeness (QED) is 0.110. The lowest BCUT2D eigenvalue weighted by molar-refractivity contribution is -0.131. The Labute approximate surface area is 410 Å². The predicted octanol–water partition coefficient (Wildman–Crippen LogP) is 6.45. The summed E-state index contributed by atoms with van der Waals surface area (Å²) in [5.41, 5.74) is 6.56. The molecular formula is C52H60F2N10O7. The smallest absolute Gasteiger partial charge is 0.264 e. The van der Waals surface area contributed by atoms with E-state index in [1.54, 1.807) is 55.4 Å². The number of hydrogen-bond acceptors (Lipinski definition) is 11. The molecule has 1 unspecified atom stereocenters. The van der Waals surface area contributed by atoms with Gasteiger partial charge >= 0.3 is 0 Å². The standard InChI is InChI=1S/C52H60F2N10O7/c1-32-7-4-9-42(48(32)52(70)63(31-66)45(10-6-22-65)51(69)55-3)57-28-47(68)59-19-12-35(13-20-59)62-30-40(39-27-56-17-11-43(39)62)37-25-34-8-5-18-61(46(34)26-38(37)49(53)54)50-41-29-60(33(2)67)21-14-44(41)64(58-50)36-15-23-71-24-16-36/h4,7,9,11,17,22,25-27,30-31,35-36,45,49,57H,5-6,8,10,12-16,18-21,23-24,28-29H2,1-3H3,(H,55,69). The Morgan fingerprint density at radius 3 is 2.46 bits per heavy atom. The molecule has 2 aromatic carbocycles. The van der Waals surface area contributed by atoms with Gasteiger partial charge in [0.25, 0.3) is 12.3 Å². The molecule has 19 heteroatoms. The zero-order chi connectivity index (χ0) is 49.9. The van der Waals surface area contributed by atoms with Gasteiger partial charge in [0, 0.05) is 130 Å². The zero-order valence-corrected chi connectivity index (χ0v) is 40.4. The molecule has 374 valence electrons. The molecule has 7 heterocycles. The van der Waals surface area contributed by atoms with Crippen LogP contribution in [0.5, 0.6) is 0 Å². The number of likely N-dealkylation sites (tertiary alicyclic amines) is 1. The number of rotatable bonds is 15. The molecular weight excluding hydrogens is 915 g/mol. The van der Waals surface area contributed by atoms with Gasteiger partial charge in [-0.15, -0.1) is 0 Å². The average Bonchev–Trinajstić information content (AvgIpc) is 3.97. The lowest BCUT2D eigenvalue weighted by atomic mass is 9.91. The Morgan fingerprint density at radius 2 is 1.75 bits per heavy atom. The first-order chi connectivity index (χ1) is 34.4. The van der Waals surface area contributed by atoms with Crippen molar-refractivity contribution in [3.05, 3.63) is 88.5 Å². The number of nitrogens with zero attached hydrogens (tertiary/aromatic N) is 8. The Morgan fingerprint density at radius 1 is 0.958 bits per heavy atom. The van der Waals surface area contributed by atoms with E-state index in [1.165, 1.54) is 7.05 Å². The summed E-state index contributed by atoms with van der Waals surface area (Å²) >= 11 is 0. The number of carbonyl (C=O) groups excluding carboxylic acids is 6. The molecule has 3 aromatic heterocycles. The number of aryl methyl sites for hydroxylation is 2. The number of imide groups is 1. The molecule has 2 saturated heterocycles. The van der Waals surface area contributed by atoms with Gasteiger partial charge in [0.05, 0.1) is 30.2 Å². The number of pyridine rings is 1. The van der Waals surface area contributed by atoms with E-state index in [2.05, 4.69) is 29.8 Å². The first-order valence-corrected chi connectivity index (χ1v) is 24.6. The summed E-state index contributed by atoms with van der Waals surface area (Å²) in [5, 5.41) is 11.5. The molecule has 2 N–H and O–H groups in total. The highest BCUT2D eigenvalue weighted by Gasteiger charge is 2.36. The number of alkyl halides is 2. The minimum atomic E-state index is -2.79. The number of anilines is 3. The number of piperidine rings is 1. The summed E-state index contributed by atoms with van der Waals surface area (Å²) in [6.07, 6.45) is 8.41. The van der Waals surface area contributed by atoms with E-state index >= 15 is 8.78 Å². The van der Waals surface area contributed by atoms with Crippen LogP contribution >= 0.6 is 0 Å². The van der Waals surface area contributed by atoms with Crippen LogP contribution in [-0.2, 0) is 48.1 Å². The van der Waals surface area contributed by atoms with Crippen LogP contribution in [0.15, 0.2) is 55.0 Å². The van der Waals surface area contributed by atoms with Gasteiger partial charge in [0.2, 0.25) is 24.1 Å². The van der Waals surface area contributed by atoms with Gasteiger partial charge in [-0.2, -0.15) is 5.10 Å². The summed E-state index contributed by atoms with van der Waals surface area (Å²) in [4.78, 5) is 87.3. The first kappa shape index (κ1) is 49.0. The van der Waals surface area contributed by atoms with Crippen LogP contribution in [0.4, 0.5) is 26.0 Å². The minimum Gasteiger partial charge on any atom is -0.381 e. The van der Waals surface area contributed by atoms with Crippen molar-refractivity contribution in [1.29, 1.82) is 0 Å². The number of hydrogen-bond donors (Lipinski definition) is 2. The summed E-state index contributed by atoms with van der Waals surface area (Å²) in [6.45, 7) is 6.87. The van der Waals surface area contributed by atoms with E-state index < -0.39 is 24.3 Å². The SMILES string of the molecule is CNC(=O)C(CCC=O)N(C=O)C(=O)c1c(C)cccc1NCC(=O)N1CCC(n2cc(-c3cc4c(cc3C(F)F)N(c3nn(C5CCOCC5)c5c3CN(C(C)=O)CC5)CCC4)c3cnccc32)CC1. The topological polar surface area (TPSA) is 184 Å². The largest absolute Gasteiger partial charge is 0.381 e. The van der Waals surface area contributed by atoms with Gasteiger partial charge in [0.15, 0.2) is 5.82 Å². The van der Waals surface area contributed by atoms with Gasteiger partial charge < -0.3 is 39.4 Å². The van der Waals surface area contributed by atoms with E-state index in [1.807, 2.05) is 23.2 Å². The van der Waals surface area contributed by atoms with Gasteiger partial charge in [-0.05, 0) is 92.8 Å². The van der Waals surface area contributed by atoms with Crippen molar-refractivity contribution in [3.63, 3.8) is 0 Å². The molecule has 4 aliphatic rings. The number of fused-ring (bicyclic) bond motifs is 3. The second-order valence-corrected chi connectivity index (χ2v) is 18.8. The summed E-state index contributed by atoms with van der Waals surface area (Å²) in [7, 11) is 1.38. The zero-order valence-electron chi connectivity index (χ0n) is 40.4. The van der Waals surface area contributed by atoms with Gasteiger partial charge in [0.1, 0.15) is 12.3 Å². The van der Waals surface area contributed by atoms with Crippen molar-refractivity contribution in [2.45, 2.75) is 103 Å². The highest BCUT2D eigenvalue weighted by molar-refractivity contribution is 6.08. The maximum atomic E-state index is 15.6. The number of ether oxygens (including phenoxy) is 1. The van der Waals surface area contributed by atoms with Crippen molar-refractivity contribution < 1.29 is 42.3 Å². The minimum absolute atomic E-state index is 0.0109. The normalized spacial score (nSPS) is 16.9. The maximum absolute atomic E-state index is 15.6. The van der Waals surface area contributed by atoms with E-state index in [0.29, 0.717) is 106 Å². The lowest BCUT2D eigenvalue weighted by Crippen LogP contribution is -2.48. The number of likely N-dealkylation sites (N-methyl/N-ethyl adjacent to an activating group) is 1. The average molecular weight is 975 g/mol. The second kappa shape index (κ2) is 21.1. The predicted molar refractivity (Wildman–Crippen MR) is 261 cm³/mol. The van der Waals surface area contributed by atoms with Crippen LogP contribution < -0.4 is 15.5 Å². The van der Waals surface area contributed by atoms with E-state index in [9.17, 15) is 28.8 Å². The molecule has 5 amide bonds. The second-order valence-electron chi connectivity index (χ2n) is 18.8. The van der Waals surface area contributed by atoms with Crippen LogP contribution in [0, 0.1) is 6.92 Å². The highest BCUT2D eigenvalue weighted by atomic mass is 19.3. The molecule has 5 aromatic rings. The molecule has 0 aliphatic carbocycles. The van der Waals surface area contributed by atoms with E-state index in [0.717, 1.165) is 57.7 Å². The fourth-order valence-electron chi connectivity index (χ4n) is 11.0. The number of aromatic nitrogens is 4. The summed E-state index contributed by atoms with van der Waals surface area (Å²) < 4.78 is 41.0. The van der Waals surface area contributed by atoms with Crippen LogP contribution in [0.25, 0.3) is 22.0 Å². The third-order valence-electron chi connectivity index (χ3n) is 14.7. The molecule has 71 heavy (non-hydrogen) atoms. The molecule has 0 radical (unpaired) electrons. The van der Waals surface area contributed by atoms with Crippen LogP contribution in [0.3, 0.4) is 0 Å². The fourth-order valence-corrected chi connectivity index (χ4v) is 11.0. The summed E-state index contributed by atoms with van der Waals surface area (Å²) in [6, 6.07) is 9.40. The Bertz CT molecular complexity index is 2850. The monoisotopic (exact) mass is 974 g/mol. The third-order valence-corrected chi connectivity index (χ3v) is 14.7. The van der Waals surface area contributed by atoms with Crippen LogP contribution in [0.1, 0.15) is 109 Å². The first-order valence-electron chi connectivity index (χ1n) is 24.6. The Hall–Kier alpha value is -7.02. The Kier molecular flexibility index (Phi) is 14.6. The number of nitrogens with one attached hydrogen (secondary N) is 2. The molecule has 0 spiro atoms. The van der Waals surface area contributed by atoms with Crippen molar-refractivity contribution >= 4 is 64.4 Å². The molecule has 4 aliphatic heterocycles. The van der Waals surface area contributed by atoms with Gasteiger partial charge in [-0.1, -0.05) is 12.1 Å². The molecule has 17 nitrogen and oxygen atoms in total. The fraction of sp³-hybridized carbons (Fsp3) is 0.462. The number of aldehydes is 1. The third kappa shape index (κ3) is 9.63.